The Morgan fingerprint density at radius 3 is 2.52 bits per heavy atom. The highest BCUT2D eigenvalue weighted by Gasteiger charge is 2.29. The molecule has 0 spiro atoms. The second-order valence-corrected chi connectivity index (χ2v) is 5.96. The van der Waals surface area contributed by atoms with Gasteiger partial charge < -0.3 is 15.2 Å². The van der Waals surface area contributed by atoms with Crippen molar-refractivity contribution in [1.82, 2.24) is 20.2 Å². The van der Waals surface area contributed by atoms with E-state index in [0.717, 1.165) is 29.9 Å². The van der Waals surface area contributed by atoms with Crippen LogP contribution >= 0.6 is 24.8 Å². The molecule has 1 aromatic heterocycles. The smallest absolute Gasteiger partial charge is 0.223 e. The lowest BCUT2D eigenvalue weighted by atomic mass is 9.88. The van der Waals surface area contributed by atoms with Crippen LogP contribution in [0.4, 0.5) is 0 Å². The maximum atomic E-state index is 12.3. The monoisotopic (exact) mass is 358 g/mol. The number of aromatic nitrogens is 2. The quantitative estimate of drug-likeness (QED) is 0.882. The first-order valence-electron chi connectivity index (χ1n) is 7.50. The van der Waals surface area contributed by atoms with Crippen LogP contribution in [-0.2, 0) is 11.8 Å². The molecule has 7 heteroatoms. The molecule has 1 aliphatic rings. The van der Waals surface area contributed by atoms with Crippen molar-refractivity contribution in [3.63, 3.8) is 0 Å². The van der Waals surface area contributed by atoms with Gasteiger partial charge in [-0.2, -0.15) is 0 Å². The molecule has 0 saturated carbocycles. The van der Waals surface area contributed by atoms with Crippen molar-refractivity contribution in [2.75, 3.05) is 13.1 Å². The molecule has 5 nitrogen and oxygen atoms in total. The Morgan fingerprint density at radius 1 is 1.30 bits per heavy atom. The van der Waals surface area contributed by atoms with Crippen LogP contribution in [0.5, 0.6) is 0 Å². The van der Waals surface area contributed by atoms with Crippen LogP contribution in [0.15, 0.2) is 24.3 Å². The number of amides is 1. The zero-order valence-corrected chi connectivity index (χ0v) is 15.2. The molecule has 1 fully saturated rings. The minimum atomic E-state index is -0.0922. The largest absolute Gasteiger partial charge is 0.346 e. The minimum Gasteiger partial charge on any atom is -0.346 e. The van der Waals surface area contributed by atoms with Gasteiger partial charge in [-0.15, -0.1) is 24.8 Å². The van der Waals surface area contributed by atoms with Crippen molar-refractivity contribution in [2.24, 2.45) is 18.9 Å². The SMILES string of the molecule is CC(NC(=O)C(C)C1CNC1)c1nc2ccccc2n1C.Cl.Cl. The van der Waals surface area contributed by atoms with Crippen molar-refractivity contribution in [3.05, 3.63) is 30.1 Å². The summed E-state index contributed by atoms with van der Waals surface area (Å²) in [6.07, 6.45) is 0. The number of rotatable bonds is 4. The molecule has 1 amide bonds. The van der Waals surface area contributed by atoms with Gasteiger partial charge >= 0.3 is 0 Å². The number of nitrogens with one attached hydrogen (secondary N) is 2. The Labute approximate surface area is 149 Å². The second-order valence-electron chi connectivity index (χ2n) is 5.96. The number of halogens is 2. The van der Waals surface area contributed by atoms with Crippen molar-refractivity contribution in [3.8, 4) is 0 Å². The number of para-hydroxylation sites is 2. The summed E-state index contributed by atoms with van der Waals surface area (Å²) in [5.74, 6) is 1.51. The van der Waals surface area contributed by atoms with Gasteiger partial charge in [-0.05, 0) is 38.1 Å². The molecule has 2 unspecified atom stereocenters. The van der Waals surface area contributed by atoms with E-state index in [1.807, 2.05) is 45.2 Å². The summed E-state index contributed by atoms with van der Waals surface area (Å²) < 4.78 is 2.05. The van der Waals surface area contributed by atoms with Gasteiger partial charge in [0.15, 0.2) is 0 Å². The molecule has 2 heterocycles. The van der Waals surface area contributed by atoms with E-state index >= 15 is 0 Å². The Morgan fingerprint density at radius 2 is 1.96 bits per heavy atom. The third-order valence-corrected chi connectivity index (χ3v) is 4.50. The predicted molar refractivity (Wildman–Crippen MR) is 97.3 cm³/mol. The first-order chi connectivity index (χ1) is 10.1. The number of hydrogen-bond acceptors (Lipinski definition) is 3. The molecule has 0 radical (unpaired) electrons. The fourth-order valence-corrected chi connectivity index (χ4v) is 2.84. The lowest BCUT2D eigenvalue weighted by molar-refractivity contribution is -0.127. The summed E-state index contributed by atoms with van der Waals surface area (Å²) in [5.41, 5.74) is 2.05. The summed E-state index contributed by atoms with van der Waals surface area (Å²) in [6.45, 7) is 5.87. The highest BCUT2D eigenvalue weighted by Crippen LogP contribution is 2.21. The van der Waals surface area contributed by atoms with Crippen molar-refractivity contribution < 1.29 is 4.79 Å². The molecule has 0 aliphatic carbocycles. The maximum absolute atomic E-state index is 12.3. The molecule has 128 valence electrons. The molecule has 3 rings (SSSR count). The Hall–Kier alpha value is -1.30. The van der Waals surface area contributed by atoms with E-state index in [-0.39, 0.29) is 42.7 Å². The predicted octanol–water partition coefficient (Wildman–Crippen LogP) is 2.45. The van der Waals surface area contributed by atoms with Gasteiger partial charge in [0.25, 0.3) is 0 Å². The highest BCUT2D eigenvalue weighted by atomic mass is 35.5. The van der Waals surface area contributed by atoms with Gasteiger partial charge in [0.05, 0.1) is 17.1 Å². The van der Waals surface area contributed by atoms with E-state index < -0.39 is 0 Å². The van der Waals surface area contributed by atoms with Crippen LogP contribution in [0.2, 0.25) is 0 Å². The van der Waals surface area contributed by atoms with Gasteiger partial charge in [-0.25, -0.2) is 4.98 Å². The first-order valence-corrected chi connectivity index (χ1v) is 7.50. The summed E-state index contributed by atoms with van der Waals surface area (Å²) in [7, 11) is 1.99. The highest BCUT2D eigenvalue weighted by molar-refractivity contribution is 5.85. The maximum Gasteiger partial charge on any atom is 0.223 e. The minimum absolute atomic E-state index is 0. The lowest BCUT2D eigenvalue weighted by Gasteiger charge is -2.32. The van der Waals surface area contributed by atoms with Crippen molar-refractivity contribution >= 4 is 41.8 Å². The van der Waals surface area contributed by atoms with Gasteiger partial charge in [-0.3, -0.25) is 4.79 Å². The van der Waals surface area contributed by atoms with Crippen molar-refractivity contribution in [1.29, 1.82) is 0 Å². The molecule has 1 aliphatic heterocycles. The van der Waals surface area contributed by atoms with Gasteiger partial charge in [-0.1, -0.05) is 19.1 Å². The molecule has 2 N–H and O–H groups in total. The van der Waals surface area contributed by atoms with E-state index in [1.165, 1.54) is 0 Å². The molecule has 23 heavy (non-hydrogen) atoms. The molecule has 2 aromatic rings. The summed E-state index contributed by atoms with van der Waals surface area (Å²) in [5, 5.41) is 6.31. The summed E-state index contributed by atoms with van der Waals surface area (Å²) in [6, 6.07) is 7.93. The zero-order chi connectivity index (χ0) is 15.0. The number of carbonyl (C=O) groups excluding carboxylic acids is 1. The van der Waals surface area contributed by atoms with Gasteiger partial charge in [0, 0.05) is 13.0 Å². The topological polar surface area (TPSA) is 59.0 Å². The number of hydrogen-bond donors (Lipinski definition) is 2. The molecular formula is C16H24Cl2N4O. The number of carbonyl (C=O) groups is 1. The second kappa shape index (κ2) is 7.99. The van der Waals surface area contributed by atoms with Crippen LogP contribution in [-0.4, -0.2) is 28.5 Å². The van der Waals surface area contributed by atoms with Gasteiger partial charge in [0.2, 0.25) is 5.91 Å². The Bertz CT molecular complexity index is 669. The average molecular weight is 359 g/mol. The van der Waals surface area contributed by atoms with E-state index in [0.29, 0.717) is 5.92 Å². The zero-order valence-electron chi connectivity index (χ0n) is 13.6. The molecule has 1 aromatic carbocycles. The third kappa shape index (κ3) is 3.79. The summed E-state index contributed by atoms with van der Waals surface area (Å²) in [4.78, 5) is 17.0. The standard InChI is InChI=1S/C16H22N4O.2ClH/c1-10(12-8-17-9-12)16(21)18-11(2)15-19-13-6-4-5-7-14(13)20(15)3;;/h4-7,10-12,17H,8-9H2,1-3H3,(H,18,21);2*1H. The van der Waals surface area contributed by atoms with Crippen LogP contribution in [0.25, 0.3) is 11.0 Å². The Balaban J connectivity index is 0.00000132. The summed E-state index contributed by atoms with van der Waals surface area (Å²) >= 11 is 0. The average Bonchev–Trinajstić information content (AvgIpc) is 2.75. The third-order valence-electron chi connectivity index (χ3n) is 4.50. The lowest BCUT2D eigenvalue weighted by Crippen LogP contribution is -2.50. The number of nitrogens with zero attached hydrogens (tertiary/aromatic N) is 2. The molecular weight excluding hydrogens is 335 g/mol. The van der Waals surface area contributed by atoms with E-state index in [2.05, 4.69) is 20.2 Å². The number of benzene rings is 1. The normalized spacial score (nSPS) is 16.7. The number of fused-ring (bicyclic) bond motifs is 1. The van der Waals surface area contributed by atoms with E-state index in [1.54, 1.807) is 0 Å². The van der Waals surface area contributed by atoms with E-state index in [9.17, 15) is 4.79 Å². The molecule has 2 atom stereocenters. The van der Waals surface area contributed by atoms with Crippen molar-refractivity contribution in [2.45, 2.75) is 19.9 Å². The molecule has 0 bridgehead atoms. The number of aryl methyl sites for hydroxylation is 1. The first kappa shape index (κ1) is 19.7. The Kier molecular flexibility index (Phi) is 6.86. The van der Waals surface area contributed by atoms with Crippen LogP contribution in [0.1, 0.15) is 25.7 Å². The van der Waals surface area contributed by atoms with Crippen LogP contribution in [0, 0.1) is 11.8 Å². The van der Waals surface area contributed by atoms with Crippen LogP contribution < -0.4 is 10.6 Å². The fourth-order valence-electron chi connectivity index (χ4n) is 2.84. The molecule has 1 saturated heterocycles. The van der Waals surface area contributed by atoms with E-state index in [4.69, 9.17) is 0 Å². The fraction of sp³-hybridized carbons (Fsp3) is 0.500. The van der Waals surface area contributed by atoms with Gasteiger partial charge in [0.1, 0.15) is 5.82 Å². The van der Waals surface area contributed by atoms with Crippen LogP contribution in [0.3, 0.4) is 0 Å². The number of imidazole rings is 1.